The molecule has 0 saturated carbocycles. The van der Waals surface area contributed by atoms with E-state index in [1.54, 1.807) is 6.92 Å². The molecule has 3 rings (SSSR count). The van der Waals surface area contributed by atoms with Gasteiger partial charge in [0.05, 0.1) is 0 Å². The molecule has 3 aromatic carbocycles. The second-order valence-corrected chi connectivity index (χ2v) is 6.20. The standard InChI is InChI=1S/C22H22O3/c1-4-19(25-22(23)15(2)3)14-24-21-11-7-10-18-12-16-8-5-6-9-17(16)13-20(18)21/h5-13,19H,2,4,14H2,1,3H3. The monoisotopic (exact) mass is 334 g/mol. The number of benzene rings is 3. The number of ether oxygens (including phenoxy) is 2. The topological polar surface area (TPSA) is 35.5 Å². The van der Waals surface area contributed by atoms with E-state index in [1.165, 1.54) is 10.8 Å². The minimum absolute atomic E-state index is 0.292. The lowest BCUT2D eigenvalue weighted by Crippen LogP contribution is -2.24. The number of hydrogen-bond donors (Lipinski definition) is 0. The van der Waals surface area contributed by atoms with Gasteiger partial charge in [-0.05, 0) is 47.7 Å². The predicted molar refractivity (Wildman–Crippen MR) is 102 cm³/mol. The fourth-order valence-electron chi connectivity index (χ4n) is 2.73. The quantitative estimate of drug-likeness (QED) is 0.350. The van der Waals surface area contributed by atoms with Crippen LogP contribution in [0.3, 0.4) is 0 Å². The van der Waals surface area contributed by atoms with Gasteiger partial charge in [0, 0.05) is 11.0 Å². The van der Waals surface area contributed by atoms with Crippen molar-refractivity contribution in [2.75, 3.05) is 6.61 Å². The fourth-order valence-corrected chi connectivity index (χ4v) is 2.73. The fraction of sp³-hybridized carbons (Fsp3) is 0.227. The summed E-state index contributed by atoms with van der Waals surface area (Å²) >= 11 is 0. The average Bonchev–Trinajstić information content (AvgIpc) is 2.63. The maximum Gasteiger partial charge on any atom is 0.333 e. The van der Waals surface area contributed by atoms with Gasteiger partial charge in [-0.1, -0.05) is 49.9 Å². The third-order valence-electron chi connectivity index (χ3n) is 4.21. The second-order valence-electron chi connectivity index (χ2n) is 6.20. The van der Waals surface area contributed by atoms with Crippen molar-refractivity contribution in [2.24, 2.45) is 0 Å². The van der Waals surface area contributed by atoms with Crippen LogP contribution in [0.4, 0.5) is 0 Å². The lowest BCUT2D eigenvalue weighted by molar-refractivity contribution is -0.145. The molecule has 25 heavy (non-hydrogen) atoms. The molecule has 0 heterocycles. The summed E-state index contributed by atoms with van der Waals surface area (Å²) in [5, 5.41) is 4.56. The Kier molecular flexibility index (Phi) is 5.03. The van der Waals surface area contributed by atoms with Crippen LogP contribution in [-0.4, -0.2) is 18.7 Å². The lowest BCUT2D eigenvalue weighted by Gasteiger charge is -2.18. The van der Waals surface area contributed by atoms with Gasteiger partial charge in [0.25, 0.3) is 0 Å². The molecule has 3 heteroatoms. The third-order valence-corrected chi connectivity index (χ3v) is 4.21. The van der Waals surface area contributed by atoms with Crippen LogP contribution in [0.5, 0.6) is 5.75 Å². The molecule has 0 aliphatic rings. The number of carbonyl (C=O) groups is 1. The Bertz CT molecular complexity index is 927. The molecule has 0 fully saturated rings. The molecule has 0 aliphatic carbocycles. The van der Waals surface area contributed by atoms with E-state index < -0.39 is 0 Å². The van der Waals surface area contributed by atoms with Crippen molar-refractivity contribution in [2.45, 2.75) is 26.4 Å². The molecule has 1 unspecified atom stereocenters. The first-order valence-electron chi connectivity index (χ1n) is 8.49. The first kappa shape index (κ1) is 17.0. The van der Waals surface area contributed by atoms with E-state index in [2.05, 4.69) is 36.9 Å². The van der Waals surface area contributed by atoms with E-state index in [4.69, 9.17) is 9.47 Å². The van der Waals surface area contributed by atoms with E-state index in [0.717, 1.165) is 16.5 Å². The molecule has 0 amide bonds. The zero-order valence-corrected chi connectivity index (χ0v) is 14.6. The van der Waals surface area contributed by atoms with Crippen molar-refractivity contribution >= 4 is 27.5 Å². The summed E-state index contributed by atoms with van der Waals surface area (Å²) in [5.74, 6) is 0.424. The van der Waals surface area contributed by atoms with Crippen molar-refractivity contribution in [3.63, 3.8) is 0 Å². The van der Waals surface area contributed by atoms with Crippen LogP contribution in [0.1, 0.15) is 20.3 Å². The Balaban J connectivity index is 1.84. The highest BCUT2D eigenvalue weighted by molar-refractivity contribution is 6.00. The van der Waals surface area contributed by atoms with Gasteiger partial charge < -0.3 is 9.47 Å². The molecule has 0 N–H and O–H groups in total. The molecular formula is C22H22O3. The van der Waals surface area contributed by atoms with Gasteiger partial charge >= 0.3 is 5.97 Å². The number of hydrogen-bond acceptors (Lipinski definition) is 3. The molecule has 0 aliphatic heterocycles. The van der Waals surface area contributed by atoms with E-state index in [9.17, 15) is 4.79 Å². The summed E-state index contributed by atoms with van der Waals surface area (Å²) in [5.41, 5.74) is 0.398. The highest BCUT2D eigenvalue weighted by atomic mass is 16.6. The first-order valence-corrected chi connectivity index (χ1v) is 8.49. The van der Waals surface area contributed by atoms with Crippen LogP contribution in [0.15, 0.2) is 66.7 Å². The normalized spacial score (nSPS) is 12.1. The molecule has 3 aromatic rings. The highest BCUT2D eigenvalue weighted by Crippen LogP contribution is 2.30. The van der Waals surface area contributed by atoms with Crippen LogP contribution in [0.25, 0.3) is 21.5 Å². The Morgan fingerprint density at radius 3 is 2.40 bits per heavy atom. The molecule has 0 aromatic heterocycles. The molecule has 0 radical (unpaired) electrons. The molecule has 0 bridgehead atoms. The smallest absolute Gasteiger partial charge is 0.333 e. The van der Waals surface area contributed by atoms with Crippen LogP contribution < -0.4 is 4.74 Å². The summed E-state index contributed by atoms with van der Waals surface area (Å²) < 4.78 is 11.4. The molecule has 1 atom stereocenters. The summed E-state index contributed by atoms with van der Waals surface area (Å²) in [7, 11) is 0. The van der Waals surface area contributed by atoms with E-state index >= 15 is 0 Å². The van der Waals surface area contributed by atoms with Crippen molar-refractivity contribution < 1.29 is 14.3 Å². The SMILES string of the molecule is C=C(C)C(=O)OC(CC)COc1cccc2cc3ccccc3cc12. The van der Waals surface area contributed by atoms with Gasteiger partial charge in [0.1, 0.15) is 18.5 Å². The molecular weight excluding hydrogens is 312 g/mol. The maximum atomic E-state index is 11.7. The highest BCUT2D eigenvalue weighted by Gasteiger charge is 2.14. The summed E-state index contributed by atoms with van der Waals surface area (Å²) in [6.45, 7) is 7.55. The number of esters is 1. The van der Waals surface area contributed by atoms with Gasteiger partial charge in [-0.25, -0.2) is 4.79 Å². The second kappa shape index (κ2) is 7.39. The largest absolute Gasteiger partial charge is 0.489 e. The Morgan fingerprint density at radius 1 is 1.04 bits per heavy atom. The lowest BCUT2D eigenvalue weighted by atomic mass is 10.0. The number of rotatable bonds is 6. The van der Waals surface area contributed by atoms with E-state index in [-0.39, 0.29) is 12.1 Å². The maximum absolute atomic E-state index is 11.7. The summed E-state index contributed by atoms with van der Waals surface area (Å²) in [6.07, 6.45) is 0.395. The Hall–Kier alpha value is -2.81. The molecule has 0 saturated heterocycles. The summed E-state index contributed by atoms with van der Waals surface area (Å²) in [6, 6.07) is 18.6. The van der Waals surface area contributed by atoms with Gasteiger partial charge in [-0.2, -0.15) is 0 Å². The van der Waals surface area contributed by atoms with Crippen molar-refractivity contribution in [1.82, 2.24) is 0 Å². The van der Waals surface area contributed by atoms with Crippen molar-refractivity contribution in [3.05, 3.63) is 66.7 Å². The molecule has 128 valence electrons. The van der Waals surface area contributed by atoms with E-state index in [0.29, 0.717) is 18.6 Å². The zero-order chi connectivity index (χ0) is 17.8. The van der Waals surface area contributed by atoms with Gasteiger partial charge in [-0.3, -0.25) is 0 Å². The minimum atomic E-state index is -0.376. The molecule has 3 nitrogen and oxygen atoms in total. The first-order chi connectivity index (χ1) is 12.1. The molecule has 0 spiro atoms. The van der Waals surface area contributed by atoms with Crippen molar-refractivity contribution in [1.29, 1.82) is 0 Å². The Morgan fingerprint density at radius 2 is 1.72 bits per heavy atom. The zero-order valence-electron chi connectivity index (χ0n) is 14.6. The number of carbonyl (C=O) groups excluding carboxylic acids is 1. The predicted octanol–water partition coefficient (Wildman–Crippen LogP) is 5.27. The third kappa shape index (κ3) is 3.82. The van der Waals surface area contributed by atoms with Crippen LogP contribution >= 0.6 is 0 Å². The van der Waals surface area contributed by atoms with Crippen LogP contribution in [0.2, 0.25) is 0 Å². The van der Waals surface area contributed by atoms with Gasteiger partial charge in [0.15, 0.2) is 0 Å². The minimum Gasteiger partial charge on any atom is -0.489 e. The van der Waals surface area contributed by atoms with Crippen molar-refractivity contribution in [3.8, 4) is 5.75 Å². The van der Waals surface area contributed by atoms with E-state index in [1.807, 2.05) is 31.2 Å². The van der Waals surface area contributed by atoms with Gasteiger partial charge in [-0.15, -0.1) is 0 Å². The van der Waals surface area contributed by atoms with Gasteiger partial charge in [0.2, 0.25) is 0 Å². The van der Waals surface area contributed by atoms with Crippen LogP contribution in [0, 0.1) is 0 Å². The summed E-state index contributed by atoms with van der Waals surface area (Å²) in [4.78, 5) is 11.7. The average molecular weight is 334 g/mol. The van der Waals surface area contributed by atoms with Crippen LogP contribution in [-0.2, 0) is 9.53 Å². The Labute approximate surface area is 147 Å². The number of fused-ring (bicyclic) bond motifs is 2.